The van der Waals surface area contributed by atoms with Crippen LogP contribution in [-0.2, 0) is 10.0 Å². The van der Waals surface area contributed by atoms with Crippen LogP contribution in [0.25, 0.3) is 0 Å². The lowest BCUT2D eigenvalue weighted by molar-refractivity contribution is 0.0373. The molecule has 0 aromatic carbocycles. The summed E-state index contributed by atoms with van der Waals surface area (Å²) in [5, 5.41) is 11.3. The Kier molecular flexibility index (Phi) is 6.57. The van der Waals surface area contributed by atoms with Gasteiger partial charge in [-0.15, -0.1) is 11.3 Å². The van der Waals surface area contributed by atoms with Crippen molar-refractivity contribution in [3.63, 3.8) is 0 Å². The number of thiophene rings is 1. The maximum absolute atomic E-state index is 13.0. The molecular formula is C19H25N3O5S2. The second kappa shape index (κ2) is 8.78. The first-order chi connectivity index (χ1) is 13.8. The van der Waals surface area contributed by atoms with Crippen molar-refractivity contribution in [1.82, 2.24) is 14.2 Å². The molecule has 0 saturated heterocycles. The Morgan fingerprint density at radius 1 is 1.41 bits per heavy atom. The summed E-state index contributed by atoms with van der Waals surface area (Å²) < 4.78 is 33.2. The lowest BCUT2D eigenvalue weighted by Gasteiger charge is -2.37. The van der Waals surface area contributed by atoms with Gasteiger partial charge in [0.25, 0.3) is 15.9 Å². The van der Waals surface area contributed by atoms with Crippen LogP contribution < -0.4 is 4.74 Å². The molecule has 158 valence electrons. The van der Waals surface area contributed by atoms with Gasteiger partial charge in [-0.25, -0.2) is 13.4 Å². The largest absolute Gasteiger partial charge is 0.472 e. The number of carbonyl (C=O) groups is 1. The van der Waals surface area contributed by atoms with Gasteiger partial charge in [0, 0.05) is 25.7 Å². The normalized spacial score (nSPS) is 21.3. The first kappa shape index (κ1) is 21.7. The molecule has 10 heteroatoms. The molecule has 0 fully saturated rings. The summed E-state index contributed by atoms with van der Waals surface area (Å²) in [6, 6.07) is 6.15. The quantitative estimate of drug-likeness (QED) is 0.735. The Bertz CT molecular complexity index is 949. The number of nitrogens with zero attached hydrogens (tertiary/aromatic N) is 3. The first-order valence-electron chi connectivity index (χ1n) is 9.29. The van der Waals surface area contributed by atoms with Crippen LogP contribution in [-0.4, -0.2) is 72.5 Å². The minimum atomic E-state index is -3.63. The summed E-state index contributed by atoms with van der Waals surface area (Å²) in [6.07, 6.45) is 1.01. The molecule has 2 aromatic rings. The fraction of sp³-hybridized carbons (Fsp3) is 0.474. The minimum absolute atomic E-state index is 0.104. The molecule has 29 heavy (non-hydrogen) atoms. The van der Waals surface area contributed by atoms with Gasteiger partial charge in [0.1, 0.15) is 15.9 Å². The Morgan fingerprint density at radius 3 is 2.83 bits per heavy atom. The van der Waals surface area contributed by atoms with E-state index in [1.165, 1.54) is 17.5 Å². The molecule has 3 atom stereocenters. The Balaban J connectivity index is 1.92. The summed E-state index contributed by atoms with van der Waals surface area (Å²) in [7, 11) is -2.11. The third kappa shape index (κ3) is 4.45. The van der Waals surface area contributed by atoms with E-state index in [0.29, 0.717) is 12.1 Å². The van der Waals surface area contributed by atoms with Crippen LogP contribution >= 0.6 is 11.3 Å². The summed E-state index contributed by atoms with van der Waals surface area (Å²) in [4.78, 5) is 18.8. The standard InChI is InChI=1S/C19H25N3O5S2/c1-13-10-22(14(2)12-23)19(24)15-6-4-8-20-18(15)27-16(13)11-21(3)29(25,26)17-7-5-9-28-17/h4-9,13-14,16,23H,10-12H2,1-3H3/t13-,14+,16-/m0/s1. The molecule has 0 bridgehead atoms. The lowest BCUT2D eigenvalue weighted by atomic mass is 10.0. The van der Waals surface area contributed by atoms with Crippen LogP contribution in [0.5, 0.6) is 5.88 Å². The van der Waals surface area contributed by atoms with Crippen molar-refractivity contribution < 1.29 is 23.1 Å². The molecule has 1 aliphatic rings. The zero-order valence-electron chi connectivity index (χ0n) is 16.6. The highest BCUT2D eigenvalue weighted by Gasteiger charge is 2.35. The number of sulfonamides is 1. The maximum Gasteiger partial charge on any atom is 0.259 e. The minimum Gasteiger partial charge on any atom is -0.472 e. The highest BCUT2D eigenvalue weighted by atomic mass is 32.2. The number of carbonyl (C=O) groups excluding carboxylic acids is 1. The molecule has 1 aliphatic heterocycles. The molecule has 0 radical (unpaired) electrons. The van der Waals surface area contributed by atoms with Crippen LogP contribution in [0.1, 0.15) is 24.2 Å². The van der Waals surface area contributed by atoms with Crippen LogP contribution in [0, 0.1) is 5.92 Å². The van der Waals surface area contributed by atoms with Gasteiger partial charge in [-0.05, 0) is 30.5 Å². The molecule has 2 aromatic heterocycles. The maximum atomic E-state index is 13.0. The fourth-order valence-corrected chi connectivity index (χ4v) is 5.57. The molecule has 1 N–H and O–H groups in total. The topological polar surface area (TPSA) is 100 Å². The number of hydrogen-bond acceptors (Lipinski definition) is 7. The van der Waals surface area contributed by atoms with E-state index in [2.05, 4.69) is 4.98 Å². The van der Waals surface area contributed by atoms with Crippen molar-refractivity contribution in [3.05, 3.63) is 41.4 Å². The molecular weight excluding hydrogens is 414 g/mol. The predicted molar refractivity (Wildman–Crippen MR) is 110 cm³/mol. The van der Waals surface area contributed by atoms with Crippen LogP contribution in [0.3, 0.4) is 0 Å². The molecule has 1 amide bonds. The van der Waals surface area contributed by atoms with E-state index in [0.717, 1.165) is 11.3 Å². The number of aliphatic hydroxyl groups is 1. The van der Waals surface area contributed by atoms with Crippen LogP contribution in [0.15, 0.2) is 40.1 Å². The summed E-state index contributed by atoms with van der Waals surface area (Å²) in [5.74, 6) is -0.283. The SMILES string of the molecule is C[C@H](CO)N1C[C@H](C)[C@H](CN(C)S(=O)(=O)c2cccs2)Oc2ncccc2C1=O. The van der Waals surface area contributed by atoms with Gasteiger partial charge >= 0.3 is 0 Å². The fourth-order valence-electron chi connectivity index (χ4n) is 3.18. The molecule has 0 unspecified atom stereocenters. The van der Waals surface area contributed by atoms with Crippen molar-refractivity contribution in [2.24, 2.45) is 5.92 Å². The zero-order chi connectivity index (χ0) is 21.2. The second-order valence-electron chi connectivity index (χ2n) is 7.20. The zero-order valence-corrected chi connectivity index (χ0v) is 18.2. The second-order valence-corrected chi connectivity index (χ2v) is 10.4. The number of likely N-dealkylation sites (N-methyl/N-ethyl adjacent to an activating group) is 1. The van der Waals surface area contributed by atoms with Gasteiger partial charge in [-0.3, -0.25) is 4.79 Å². The number of aliphatic hydroxyl groups excluding tert-OH is 1. The molecule has 0 spiro atoms. The number of rotatable bonds is 6. The third-order valence-electron chi connectivity index (χ3n) is 5.04. The smallest absolute Gasteiger partial charge is 0.259 e. The summed E-state index contributed by atoms with van der Waals surface area (Å²) in [6.45, 7) is 3.92. The van der Waals surface area contributed by atoms with Crippen LogP contribution in [0.2, 0.25) is 0 Å². The third-order valence-corrected chi connectivity index (χ3v) is 8.23. The molecule has 0 aliphatic carbocycles. The van der Waals surface area contributed by atoms with E-state index in [4.69, 9.17) is 4.74 Å². The highest BCUT2D eigenvalue weighted by molar-refractivity contribution is 7.91. The number of aromatic nitrogens is 1. The van der Waals surface area contributed by atoms with Gasteiger partial charge in [-0.2, -0.15) is 4.31 Å². The number of ether oxygens (including phenoxy) is 1. The van der Waals surface area contributed by atoms with E-state index in [9.17, 15) is 18.3 Å². The van der Waals surface area contributed by atoms with Crippen molar-refractivity contribution in [2.75, 3.05) is 26.7 Å². The average Bonchev–Trinajstić information content (AvgIpc) is 3.25. The first-order valence-corrected chi connectivity index (χ1v) is 11.6. The van der Waals surface area contributed by atoms with E-state index in [-0.39, 0.29) is 41.1 Å². The Hall–Kier alpha value is -2.01. The highest BCUT2D eigenvalue weighted by Crippen LogP contribution is 2.27. The lowest BCUT2D eigenvalue weighted by Crippen LogP contribution is -2.50. The number of amides is 1. The van der Waals surface area contributed by atoms with Crippen molar-refractivity contribution in [3.8, 4) is 5.88 Å². The van der Waals surface area contributed by atoms with Crippen LogP contribution in [0.4, 0.5) is 0 Å². The van der Waals surface area contributed by atoms with Gasteiger partial charge in [0.2, 0.25) is 5.88 Å². The van der Waals surface area contributed by atoms with Crippen molar-refractivity contribution in [1.29, 1.82) is 0 Å². The molecule has 3 rings (SSSR count). The summed E-state index contributed by atoms with van der Waals surface area (Å²) >= 11 is 1.16. The molecule has 3 heterocycles. The van der Waals surface area contributed by atoms with Gasteiger partial charge in [-0.1, -0.05) is 13.0 Å². The van der Waals surface area contributed by atoms with E-state index < -0.39 is 16.1 Å². The van der Waals surface area contributed by atoms with Crippen molar-refractivity contribution in [2.45, 2.75) is 30.2 Å². The van der Waals surface area contributed by atoms with Gasteiger partial charge in [0.05, 0.1) is 19.2 Å². The number of fused-ring (bicyclic) bond motifs is 1. The molecule has 8 nitrogen and oxygen atoms in total. The van der Waals surface area contributed by atoms with Gasteiger partial charge in [0.15, 0.2) is 0 Å². The Morgan fingerprint density at radius 2 is 2.17 bits per heavy atom. The van der Waals surface area contributed by atoms with Crippen molar-refractivity contribution >= 4 is 27.3 Å². The molecule has 0 saturated carbocycles. The number of hydrogen-bond donors (Lipinski definition) is 1. The predicted octanol–water partition coefficient (Wildman–Crippen LogP) is 1.68. The average molecular weight is 440 g/mol. The Labute approximate surface area is 174 Å². The van der Waals surface area contributed by atoms with Gasteiger partial charge < -0.3 is 14.7 Å². The van der Waals surface area contributed by atoms with E-state index in [1.807, 2.05) is 6.92 Å². The number of pyridine rings is 1. The van der Waals surface area contributed by atoms with E-state index >= 15 is 0 Å². The van der Waals surface area contributed by atoms with E-state index in [1.54, 1.807) is 41.5 Å². The summed E-state index contributed by atoms with van der Waals surface area (Å²) in [5.41, 5.74) is 0.300. The monoisotopic (exact) mass is 439 g/mol.